The Bertz CT molecular complexity index is 902. The topological polar surface area (TPSA) is 105 Å². The van der Waals surface area contributed by atoms with E-state index in [0.717, 1.165) is 29.7 Å². The van der Waals surface area contributed by atoms with E-state index in [2.05, 4.69) is 37.9 Å². The van der Waals surface area contributed by atoms with Gasteiger partial charge in [0.25, 0.3) is 0 Å². The van der Waals surface area contributed by atoms with Gasteiger partial charge in [0.05, 0.1) is 18.8 Å². The average Bonchev–Trinajstić information content (AvgIpc) is 2.69. The van der Waals surface area contributed by atoms with Crippen LogP contribution in [0.5, 0.6) is 0 Å². The smallest absolute Gasteiger partial charge is 0.407 e. The van der Waals surface area contributed by atoms with Crippen LogP contribution in [0.4, 0.5) is 4.79 Å². The van der Waals surface area contributed by atoms with E-state index in [0.29, 0.717) is 18.9 Å². The lowest BCUT2D eigenvalue weighted by atomic mass is 9.81. The fourth-order valence-corrected chi connectivity index (χ4v) is 4.01. The molecule has 1 atom stereocenters. The molecule has 196 valence electrons. The summed E-state index contributed by atoms with van der Waals surface area (Å²) in [7, 11) is 0. The van der Waals surface area contributed by atoms with Crippen molar-refractivity contribution in [3.63, 3.8) is 0 Å². The molecular weight excluding hydrogens is 448 g/mol. The van der Waals surface area contributed by atoms with Crippen molar-refractivity contribution in [1.82, 2.24) is 10.2 Å². The zero-order chi connectivity index (χ0) is 26.4. The van der Waals surface area contributed by atoms with Gasteiger partial charge in [0.2, 0.25) is 0 Å². The van der Waals surface area contributed by atoms with Crippen molar-refractivity contribution >= 4 is 17.8 Å². The number of amides is 1. The number of aliphatic carboxylic acids is 1. The Morgan fingerprint density at radius 1 is 1.20 bits per heavy atom. The molecule has 0 spiro atoms. The minimum atomic E-state index is -0.922. The molecule has 0 radical (unpaired) electrons. The minimum absolute atomic E-state index is 0.0141. The number of hydrogen-bond acceptors (Lipinski definition) is 6. The SMILES string of the molecule is CCCCOC1=C(CNC(=O)OC(C)(C)C)N(CC(C)(C)C)C=C2CC(=O)C(CCC(=O)O)C=C21. The maximum atomic E-state index is 12.8. The number of carbonyl (C=O) groups excluding carboxylic acids is 2. The first-order valence-corrected chi connectivity index (χ1v) is 12.5. The molecule has 8 heteroatoms. The number of ketones is 1. The lowest BCUT2D eigenvalue weighted by Crippen LogP contribution is -2.40. The number of carboxylic acid groups (broad SMARTS) is 1. The van der Waals surface area contributed by atoms with Crippen molar-refractivity contribution < 1.29 is 29.0 Å². The second-order valence-electron chi connectivity index (χ2n) is 11.4. The number of fused-ring (bicyclic) bond motifs is 1. The molecule has 1 aliphatic carbocycles. The van der Waals surface area contributed by atoms with Gasteiger partial charge in [-0.25, -0.2) is 4.79 Å². The number of allylic oxidation sites excluding steroid dienone is 2. The molecule has 0 saturated heterocycles. The summed E-state index contributed by atoms with van der Waals surface area (Å²) in [6, 6.07) is 0. The molecule has 1 aliphatic heterocycles. The summed E-state index contributed by atoms with van der Waals surface area (Å²) in [5.41, 5.74) is 1.80. The lowest BCUT2D eigenvalue weighted by Gasteiger charge is -2.38. The third-order valence-corrected chi connectivity index (χ3v) is 5.51. The number of alkyl carbamates (subject to hydrolysis) is 1. The van der Waals surface area contributed by atoms with Gasteiger partial charge in [-0.1, -0.05) is 40.2 Å². The Morgan fingerprint density at radius 2 is 1.89 bits per heavy atom. The van der Waals surface area contributed by atoms with E-state index in [9.17, 15) is 14.4 Å². The fraction of sp³-hybridized carbons (Fsp3) is 0.667. The third-order valence-electron chi connectivity index (χ3n) is 5.51. The first-order chi connectivity index (χ1) is 16.2. The number of ether oxygens (including phenoxy) is 2. The van der Waals surface area contributed by atoms with Crippen LogP contribution >= 0.6 is 0 Å². The molecule has 1 amide bonds. The number of nitrogens with zero attached hydrogens (tertiary/aromatic N) is 1. The Balaban J connectivity index is 2.49. The van der Waals surface area contributed by atoms with Gasteiger partial charge in [-0.15, -0.1) is 0 Å². The van der Waals surface area contributed by atoms with Crippen molar-refractivity contribution in [2.75, 3.05) is 19.7 Å². The fourth-order valence-electron chi connectivity index (χ4n) is 4.01. The Hall–Kier alpha value is -2.77. The summed E-state index contributed by atoms with van der Waals surface area (Å²) in [6.45, 7) is 15.3. The number of Topliss-reactive ketones (excluding diaryl/α,β-unsaturated/α-hetero) is 1. The predicted molar refractivity (Wildman–Crippen MR) is 134 cm³/mol. The lowest BCUT2D eigenvalue weighted by molar-refractivity contribution is -0.137. The van der Waals surface area contributed by atoms with Crippen LogP contribution in [0.2, 0.25) is 0 Å². The summed E-state index contributed by atoms with van der Waals surface area (Å²) in [5, 5.41) is 12.0. The molecular formula is C27H42N2O6. The number of unbranched alkanes of at least 4 members (excludes halogenated alkanes) is 1. The van der Waals surface area contributed by atoms with E-state index in [-0.39, 0.29) is 37.0 Å². The van der Waals surface area contributed by atoms with Gasteiger partial charge in [-0.2, -0.15) is 0 Å². The van der Waals surface area contributed by atoms with Gasteiger partial charge in [0.1, 0.15) is 17.1 Å². The number of hydrogen-bond donors (Lipinski definition) is 2. The van der Waals surface area contributed by atoms with Crippen molar-refractivity contribution in [2.24, 2.45) is 11.3 Å². The molecule has 0 fully saturated rings. The van der Waals surface area contributed by atoms with Crippen LogP contribution in [0, 0.1) is 11.3 Å². The second kappa shape index (κ2) is 11.8. The van der Waals surface area contributed by atoms with Crippen LogP contribution < -0.4 is 5.32 Å². The highest BCUT2D eigenvalue weighted by molar-refractivity contribution is 5.89. The molecule has 8 nitrogen and oxygen atoms in total. The maximum Gasteiger partial charge on any atom is 0.407 e. The quantitative estimate of drug-likeness (QED) is 0.407. The number of rotatable bonds is 10. The van der Waals surface area contributed by atoms with Gasteiger partial charge in [-0.05, 0) is 44.6 Å². The van der Waals surface area contributed by atoms with Gasteiger partial charge in [-0.3, -0.25) is 9.59 Å². The van der Waals surface area contributed by atoms with Crippen LogP contribution in [0.15, 0.2) is 34.9 Å². The molecule has 0 bridgehead atoms. The van der Waals surface area contributed by atoms with E-state index >= 15 is 0 Å². The molecule has 1 unspecified atom stereocenters. The summed E-state index contributed by atoms with van der Waals surface area (Å²) >= 11 is 0. The molecule has 0 saturated carbocycles. The van der Waals surface area contributed by atoms with E-state index in [1.54, 1.807) is 0 Å². The number of nitrogens with one attached hydrogen (secondary N) is 1. The second-order valence-corrected chi connectivity index (χ2v) is 11.4. The van der Waals surface area contributed by atoms with Crippen LogP contribution in [0.3, 0.4) is 0 Å². The Labute approximate surface area is 209 Å². The summed E-state index contributed by atoms with van der Waals surface area (Å²) < 4.78 is 11.7. The largest absolute Gasteiger partial charge is 0.491 e. The maximum absolute atomic E-state index is 12.8. The van der Waals surface area contributed by atoms with E-state index in [1.807, 2.05) is 33.0 Å². The van der Waals surface area contributed by atoms with Crippen LogP contribution in [-0.4, -0.2) is 53.1 Å². The first kappa shape index (κ1) is 28.5. The van der Waals surface area contributed by atoms with E-state index < -0.39 is 23.6 Å². The summed E-state index contributed by atoms with van der Waals surface area (Å²) in [5.74, 6) is -0.740. The average molecular weight is 491 g/mol. The molecule has 35 heavy (non-hydrogen) atoms. The molecule has 2 N–H and O–H groups in total. The van der Waals surface area contributed by atoms with Crippen molar-refractivity contribution in [3.8, 4) is 0 Å². The van der Waals surface area contributed by atoms with Crippen LogP contribution in [0.1, 0.15) is 80.6 Å². The molecule has 1 heterocycles. The van der Waals surface area contributed by atoms with Crippen molar-refractivity contribution in [2.45, 2.75) is 86.2 Å². The zero-order valence-electron chi connectivity index (χ0n) is 22.3. The van der Waals surface area contributed by atoms with Gasteiger partial charge < -0.3 is 24.8 Å². The van der Waals surface area contributed by atoms with Gasteiger partial charge in [0.15, 0.2) is 0 Å². The molecule has 0 aromatic heterocycles. The van der Waals surface area contributed by atoms with Gasteiger partial charge >= 0.3 is 12.1 Å². The molecule has 0 aromatic carbocycles. The number of carboxylic acids is 1. The molecule has 0 aromatic rings. The first-order valence-electron chi connectivity index (χ1n) is 12.5. The highest BCUT2D eigenvalue weighted by Gasteiger charge is 2.35. The van der Waals surface area contributed by atoms with E-state index in [4.69, 9.17) is 14.6 Å². The standard InChI is InChI=1S/C27H42N2O6/c1-8-9-12-34-24-20-13-18(10-11-23(31)32)22(30)14-19(20)16-29(17-26(2,3)4)21(24)15-28-25(33)35-27(5,6)7/h13,16,18H,8-12,14-15,17H2,1-7H3,(H,28,33)(H,31,32). The van der Waals surface area contributed by atoms with Gasteiger partial charge in [0, 0.05) is 37.1 Å². The van der Waals surface area contributed by atoms with Crippen molar-refractivity contribution in [1.29, 1.82) is 0 Å². The summed E-state index contributed by atoms with van der Waals surface area (Å²) in [6.07, 6.45) is 5.54. The molecule has 2 aliphatic rings. The predicted octanol–water partition coefficient (Wildman–Crippen LogP) is 5.17. The zero-order valence-corrected chi connectivity index (χ0v) is 22.3. The Kier molecular flexibility index (Phi) is 9.58. The number of carbonyl (C=O) groups is 3. The summed E-state index contributed by atoms with van der Waals surface area (Å²) in [4.78, 5) is 38.4. The van der Waals surface area contributed by atoms with Crippen LogP contribution in [-0.2, 0) is 19.1 Å². The normalized spacial score (nSPS) is 18.5. The minimum Gasteiger partial charge on any atom is -0.491 e. The monoisotopic (exact) mass is 490 g/mol. The van der Waals surface area contributed by atoms with Crippen molar-refractivity contribution in [3.05, 3.63) is 34.9 Å². The Morgan fingerprint density at radius 3 is 2.46 bits per heavy atom. The van der Waals surface area contributed by atoms with E-state index in [1.165, 1.54) is 0 Å². The highest BCUT2D eigenvalue weighted by atomic mass is 16.6. The van der Waals surface area contributed by atoms with Crippen LogP contribution in [0.25, 0.3) is 0 Å². The highest BCUT2D eigenvalue weighted by Crippen LogP contribution is 2.39. The third kappa shape index (κ3) is 9.07. The molecule has 2 rings (SSSR count).